The number of hydrogen-bond donors (Lipinski definition) is 1. The van der Waals surface area contributed by atoms with Gasteiger partial charge in [-0.25, -0.2) is 0 Å². The highest BCUT2D eigenvalue weighted by molar-refractivity contribution is 5.88. The van der Waals surface area contributed by atoms with Crippen LogP contribution in [0.2, 0.25) is 0 Å². The summed E-state index contributed by atoms with van der Waals surface area (Å²) in [6, 6.07) is 15.2. The van der Waals surface area contributed by atoms with Gasteiger partial charge in [-0.2, -0.15) is 0 Å². The van der Waals surface area contributed by atoms with Gasteiger partial charge in [0, 0.05) is 12.6 Å². The lowest BCUT2D eigenvalue weighted by Gasteiger charge is -2.29. The molecule has 0 unspecified atom stereocenters. The van der Waals surface area contributed by atoms with E-state index in [4.69, 9.17) is 4.74 Å². The second-order valence-corrected chi connectivity index (χ2v) is 7.85. The second kappa shape index (κ2) is 11.4. The van der Waals surface area contributed by atoms with Gasteiger partial charge in [0.05, 0.1) is 0 Å². The molecule has 2 aromatic carbocycles. The molecule has 0 saturated heterocycles. The Morgan fingerprint density at radius 1 is 1.03 bits per heavy atom. The molecule has 2 rings (SSSR count). The summed E-state index contributed by atoms with van der Waals surface area (Å²) in [4.78, 5) is 27.3. The average molecular weight is 411 g/mol. The van der Waals surface area contributed by atoms with E-state index in [2.05, 4.69) is 5.32 Å². The molecule has 0 aliphatic heterocycles. The minimum atomic E-state index is -0.571. The number of aryl methyl sites for hydroxylation is 2. The van der Waals surface area contributed by atoms with Crippen molar-refractivity contribution in [3.05, 3.63) is 65.2 Å². The Morgan fingerprint density at radius 2 is 1.73 bits per heavy atom. The molecule has 0 aliphatic rings. The van der Waals surface area contributed by atoms with Crippen LogP contribution in [-0.4, -0.2) is 41.9 Å². The molecule has 30 heavy (non-hydrogen) atoms. The Bertz CT molecular complexity index is 836. The Kier molecular flexibility index (Phi) is 8.90. The molecule has 0 spiro atoms. The van der Waals surface area contributed by atoms with E-state index in [0.717, 1.165) is 17.5 Å². The van der Waals surface area contributed by atoms with Gasteiger partial charge in [0.25, 0.3) is 5.91 Å². The molecule has 0 saturated carbocycles. The van der Waals surface area contributed by atoms with Crippen LogP contribution in [0, 0.1) is 13.8 Å². The molecule has 1 N–H and O–H groups in total. The van der Waals surface area contributed by atoms with Gasteiger partial charge < -0.3 is 15.0 Å². The van der Waals surface area contributed by atoms with E-state index in [1.807, 2.05) is 76.2 Å². The third-order valence-electron chi connectivity index (χ3n) is 5.49. The fourth-order valence-corrected chi connectivity index (χ4v) is 3.07. The lowest BCUT2D eigenvalue weighted by atomic mass is 10.1. The van der Waals surface area contributed by atoms with Gasteiger partial charge in [-0.1, -0.05) is 43.3 Å². The third-order valence-corrected chi connectivity index (χ3v) is 5.49. The number of nitrogens with one attached hydrogen (secondary N) is 1. The summed E-state index contributed by atoms with van der Waals surface area (Å²) >= 11 is 0. The van der Waals surface area contributed by atoms with E-state index in [9.17, 15) is 9.59 Å². The first-order valence-corrected chi connectivity index (χ1v) is 10.7. The summed E-state index contributed by atoms with van der Waals surface area (Å²) in [6.07, 6.45) is 1.52. The first-order valence-electron chi connectivity index (χ1n) is 10.7. The fraction of sp³-hybridized carbons (Fsp3) is 0.440. The summed E-state index contributed by atoms with van der Waals surface area (Å²) in [6.45, 7) is 10.2. The third kappa shape index (κ3) is 6.90. The topological polar surface area (TPSA) is 58.6 Å². The van der Waals surface area contributed by atoms with E-state index < -0.39 is 6.04 Å². The summed E-state index contributed by atoms with van der Waals surface area (Å²) < 4.78 is 5.75. The van der Waals surface area contributed by atoms with Crippen molar-refractivity contribution in [3.63, 3.8) is 0 Å². The molecule has 0 aromatic heterocycles. The normalized spacial score (nSPS) is 12.7. The van der Waals surface area contributed by atoms with Gasteiger partial charge in [-0.05, 0) is 69.4 Å². The average Bonchev–Trinajstić information content (AvgIpc) is 2.75. The second-order valence-electron chi connectivity index (χ2n) is 7.85. The number of carbonyl (C=O) groups excluding carboxylic acids is 2. The molecule has 0 bridgehead atoms. The summed E-state index contributed by atoms with van der Waals surface area (Å²) in [5, 5.41) is 2.98. The maximum Gasteiger partial charge on any atom is 0.261 e. The lowest BCUT2D eigenvalue weighted by molar-refractivity contribution is -0.141. The van der Waals surface area contributed by atoms with Crippen molar-refractivity contribution in [2.75, 3.05) is 13.2 Å². The zero-order valence-electron chi connectivity index (χ0n) is 18.8. The van der Waals surface area contributed by atoms with Gasteiger partial charge in [-0.15, -0.1) is 0 Å². The predicted molar refractivity (Wildman–Crippen MR) is 121 cm³/mol. The van der Waals surface area contributed by atoms with Crippen LogP contribution >= 0.6 is 0 Å². The molecular weight excluding hydrogens is 376 g/mol. The molecule has 2 aromatic rings. The number of ether oxygens (including phenoxy) is 1. The van der Waals surface area contributed by atoms with Crippen LogP contribution in [0.4, 0.5) is 0 Å². The molecule has 0 radical (unpaired) electrons. The van der Waals surface area contributed by atoms with Crippen LogP contribution in [0.25, 0.3) is 0 Å². The lowest BCUT2D eigenvalue weighted by Crippen LogP contribution is -2.51. The monoisotopic (exact) mass is 410 g/mol. The van der Waals surface area contributed by atoms with Crippen LogP contribution < -0.4 is 10.1 Å². The van der Waals surface area contributed by atoms with Crippen LogP contribution in [0.3, 0.4) is 0 Å². The highest BCUT2D eigenvalue weighted by atomic mass is 16.5. The van der Waals surface area contributed by atoms with Crippen molar-refractivity contribution in [1.82, 2.24) is 10.2 Å². The Balaban J connectivity index is 2.08. The van der Waals surface area contributed by atoms with Gasteiger partial charge in [0.2, 0.25) is 5.91 Å². The van der Waals surface area contributed by atoms with Gasteiger partial charge in [0.1, 0.15) is 11.8 Å². The van der Waals surface area contributed by atoms with E-state index in [1.54, 1.807) is 11.8 Å². The number of benzene rings is 2. The Labute approximate surface area is 180 Å². The van der Waals surface area contributed by atoms with Gasteiger partial charge in [0.15, 0.2) is 6.61 Å². The van der Waals surface area contributed by atoms with E-state index >= 15 is 0 Å². The van der Waals surface area contributed by atoms with Crippen LogP contribution in [0.1, 0.15) is 43.9 Å². The molecule has 5 nitrogen and oxygen atoms in total. The first-order chi connectivity index (χ1) is 14.3. The summed E-state index contributed by atoms with van der Waals surface area (Å²) in [5.74, 6) is 0.319. The highest BCUT2D eigenvalue weighted by Gasteiger charge is 2.26. The van der Waals surface area contributed by atoms with Crippen molar-refractivity contribution in [3.8, 4) is 5.75 Å². The summed E-state index contributed by atoms with van der Waals surface area (Å²) in [5.41, 5.74) is 3.41. The van der Waals surface area contributed by atoms with Crippen molar-refractivity contribution < 1.29 is 14.3 Å². The molecule has 2 amide bonds. The number of hydrogen-bond acceptors (Lipinski definition) is 3. The first kappa shape index (κ1) is 23.5. The predicted octanol–water partition coefficient (Wildman–Crippen LogP) is 4.06. The number of nitrogens with zero attached hydrogens (tertiary/aromatic N) is 1. The van der Waals surface area contributed by atoms with Gasteiger partial charge >= 0.3 is 0 Å². The van der Waals surface area contributed by atoms with Crippen molar-refractivity contribution in [2.45, 2.75) is 59.5 Å². The van der Waals surface area contributed by atoms with Gasteiger partial charge in [-0.3, -0.25) is 9.59 Å². The van der Waals surface area contributed by atoms with Crippen LogP contribution in [0.15, 0.2) is 48.5 Å². The largest absolute Gasteiger partial charge is 0.484 e. The minimum Gasteiger partial charge on any atom is -0.484 e. The standard InChI is InChI=1S/C25H34N2O3/c1-6-20(4)26-25(29)21(5)27(15-14-22-10-8-7-9-11-22)24(28)17-30-23-13-12-18(2)19(3)16-23/h7-13,16,20-21H,6,14-15,17H2,1-5H3,(H,26,29)/t20-,21-/m1/s1. The highest BCUT2D eigenvalue weighted by Crippen LogP contribution is 2.17. The van der Waals surface area contributed by atoms with Crippen molar-refractivity contribution in [2.24, 2.45) is 0 Å². The zero-order valence-corrected chi connectivity index (χ0v) is 18.8. The molecule has 0 aliphatic carbocycles. The van der Waals surface area contributed by atoms with Crippen LogP contribution in [-0.2, 0) is 16.0 Å². The van der Waals surface area contributed by atoms with Crippen molar-refractivity contribution >= 4 is 11.8 Å². The minimum absolute atomic E-state index is 0.0674. The van der Waals surface area contributed by atoms with E-state index in [0.29, 0.717) is 18.7 Å². The zero-order chi connectivity index (χ0) is 22.1. The summed E-state index contributed by atoms with van der Waals surface area (Å²) in [7, 11) is 0. The smallest absolute Gasteiger partial charge is 0.261 e. The molecule has 162 valence electrons. The van der Waals surface area contributed by atoms with E-state index in [1.165, 1.54) is 5.56 Å². The maximum absolute atomic E-state index is 13.0. The molecular formula is C25H34N2O3. The van der Waals surface area contributed by atoms with Crippen molar-refractivity contribution in [1.29, 1.82) is 0 Å². The Morgan fingerprint density at radius 3 is 2.37 bits per heavy atom. The van der Waals surface area contributed by atoms with Crippen LogP contribution in [0.5, 0.6) is 5.75 Å². The number of carbonyl (C=O) groups is 2. The quantitative estimate of drug-likeness (QED) is 0.643. The number of amides is 2. The number of rotatable bonds is 10. The molecule has 2 atom stereocenters. The SMILES string of the molecule is CC[C@@H](C)NC(=O)[C@@H](C)N(CCc1ccccc1)C(=O)COc1ccc(C)c(C)c1. The molecule has 0 fully saturated rings. The Hall–Kier alpha value is -2.82. The maximum atomic E-state index is 13.0. The van der Waals surface area contributed by atoms with E-state index in [-0.39, 0.29) is 24.5 Å². The molecule has 5 heteroatoms. The molecule has 0 heterocycles. The fourth-order valence-electron chi connectivity index (χ4n) is 3.07.